The van der Waals surface area contributed by atoms with Crippen molar-refractivity contribution in [1.82, 2.24) is 24.5 Å². The second-order valence-electron chi connectivity index (χ2n) is 7.80. The number of alkyl halides is 3. The number of anilines is 2. The molecule has 5 rings (SSSR count). The van der Waals surface area contributed by atoms with E-state index in [1.807, 2.05) is 4.90 Å². The number of morpholine rings is 1. The average Bonchev–Trinajstić information content (AvgIpc) is 3.24. The van der Waals surface area contributed by atoms with Gasteiger partial charge < -0.3 is 19.9 Å². The van der Waals surface area contributed by atoms with E-state index in [0.29, 0.717) is 49.9 Å². The van der Waals surface area contributed by atoms with Crippen LogP contribution in [0.5, 0.6) is 0 Å². The van der Waals surface area contributed by atoms with Crippen molar-refractivity contribution >= 4 is 23.4 Å². The van der Waals surface area contributed by atoms with Gasteiger partial charge in [0.15, 0.2) is 0 Å². The fourth-order valence-electron chi connectivity index (χ4n) is 3.93. The highest BCUT2D eigenvalue weighted by Crippen LogP contribution is 2.30. The minimum atomic E-state index is -4.51. The standard InChI is InChI=1S/C20H20F3N7O3/c21-20(22,23)12-2-1-3-13(10-12)24-19(32)29-5-4-15-14(11-29)16(31)30-17(25-15)26-18(27-30)28-6-8-33-9-7-28/h1-3,10H,4-9,11H2,(H,24,32)(H,25,26,27). The number of carbonyl (C=O) groups excluding carboxylic acids is 1. The summed E-state index contributed by atoms with van der Waals surface area (Å²) >= 11 is 0. The quantitative estimate of drug-likeness (QED) is 0.601. The Morgan fingerprint density at radius 3 is 2.70 bits per heavy atom. The second kappa shape index (κ2) is 8.06. The molecular formula is C20H20F3N7O3. The number of rotatable bonds is 2. The summed E-state index contributed by atoms with van der Waals surface area (Å²) in [6.07, 6.45) is -4.18. The molecule has 2 aliphatic rings. The Labute approximate surface area is 185 Å². The minimum Gasteiger partial charge on any atom is -0.378 e. The molecule has 0 radical (unpaired) electrons. The number of nitrogens with one attached hydrogen (secondary N) is 2. The third kappa shape index (κ3) is 4.11. The molecule has 33 heavy (non-hydrogen) atoms. The van der Waals surface area contributed by atoms with Gasteiger partial charge in [0.25, 0.3) is 11.3 Å². The van der Waals surface area contributed by atoms with Crippen molar-refractivity contribution in [1.29, 1.82) is 0 Å². The highest BCUT2D eigenvalue weighted by Gasteiger charge is 2.31. The van der Waals surface area contributed by atoms with Gasteiger partial charge in [0, 0.05) is 31.7 Å². The molecule has 0 spiro atoms. The van der Waals surface area contributed by atoms with Crippen molar-refractivity contribution in [2.75, 3.05) is 43.1 Å². The molecule has 0 atom stereocenters. The van der Waals surface area contributed by atoms with E-state index >= 15 is 0 Å². The summed E-state index contributed by atoms with van der Waals surface area (Å²) in [7, 11) is 0. The van der Waals surface area contributed by atoms with Crippen LogP contribution in [0.2, 0.25) is 0 Å². The first-order valence-electron chi connectivity index (χ1n) is 10.4. The normalized spacial score (nSPS) is 16.7. The number of H-pyrrole nitrogens is 1. The summed E-state index contributed by atoms with van der Waals surface area (Å²) in [5.74, 6) is 0.770. The fraction of sp³-hybridized carbons (Fsp3) is 0.400. The average molecular weight is 463 g/mol. The molecule has 1 aromatic carbocycles. The summed E-state index contributed by atoms with van der Waals surface area (Å²) in [6, 6.07) is 3.81. The number of ether oxygens (including phenoxy) is 1. The van der Waals surface area contributed by atoms with Crippen LogP contribution in [0.15, 0.2) is 29.1 Å². The molecule has 0 aliphatic carbocycles. The van der Waals surface area contributed by atoms with Crippen LogP contribution in [0, 0.1) is 0 Å². The minimum absolute atomic E-state index is 0.0131. The first-order chi connectivity index (χ1) is 15.8. The third-order valence-electron chi connectivity index (χ3n) is 5.67. The predicted molar refractivity (Wildman–Crippen MR) is 111 cm³/mol. The van der Waals surface area contributed by atoms with Crippen molar-refractivity contribution in [3.63, 3.8) is 0 Å². The lowest BCUT2D eigenvalue weighted by Crippen LogP contribution is -2.42. The SMILES string of the molecule is O=C(Nc1cccc(C(F)(F)F)c1)N1CCc2nc3nc(N4CCOCC4)[nH]n3c(=O)c2C1. The topological polar surface area (TPSA) is 108 Å². The lowest BCUT2D eigenvalue weighted by molar-refractivity contribution is -0.137. The zero-order chi connectivity index (χ0) is 23.2. The predicted octanol–water partition coefficient (Wildman–Crippen LogP) is 1.86. The van der Waals surface area contributed by atoms with E-state index in [9.17, 15) is 22.8 Å². The smallest absolute Gasteiger partial charge is 0.378 e. The third-order valence-corrected chi connectivity index (χ3v) is 5.67. The summed E-state index contributed by atoms with van der Waals surface area (Å²) in [5, 5.41) is 5.44. The van der Waals surface area contributed by atoms with E-state index in [2.05, 4.69) is 20.4 Å². The van der Waals surface area contributed by atoms with Gasteiger partial charge >= 0.3 is 12.2 Å². The second-order valence-corrected chi connectivity index (χ2v) is 7.80. The number of nitrogens with zero attached hydrogens (tertiary/aromatic N) is 5. The van der Waals surface area contributed by atoms with Crippen molar-refractivity contribution in [2.24, 2.45) is 0 Å². The number of amides is 2. The Bertz CT molecular complexity index is 1260. The van der Waals surface area contributed by atoms with Crippen molar-refractivity contribution in [2.45, 2.75) is 19.1 Å². The number of carbonyl (C=O) groups is 1. The molecule has 13 heteroatoms. The molecule has 0 saturated carbocycles. The molecule has 0 bridgehead atoms. The number of benzene rings is 1. The van der Waals surface area contributed by atoms with E-state index < -0.39 is 17.8 Å². The lowest BCUT2D eigenvalue weighted by Gasteiger charge is -2.27. The van der Waals surface area contributed by atoms with Gasteiger partial charge in [-0.2, -0.15) is 22.7 Å². The molecule has 174 valence electrons. The largest absolute Gasteiger partial charge is 0.416 e. The molecule has 10 nitrogen and oxygen atoms in total. The van der Waals surface area contributed by atoms with E-state index in [0.717, 1.165) is 12.1 Å². The molecule has 2 N–H and O–H groups in total. The summed E-state index contributed by atoms with van der Waals surface area (Å²) in [6.45, 7) is 2.65. The van der Waals surface area contributed by atoms with Gasteiger partial charge in [-0.1, -0.05) is 6.07 Å². The van der Waals surface area contributed by atoms with E-state index in [4.69, 9.17) is 4.74 Å². The van der Waals surface area contributed by atoms with Crippen LogP contribution in [-0.2, 0) is 23.9 Å². The molecule has 4 heterocycles. The Balaban J connectivity index is 1.37. The summed E-state index contributed by atoms with van der Waals surface area (Å²) in [4.78, 5) is 38.0. The van der Waals surface area contributed by atoms with Gasteiger partial charge in [0.1, 0.15) is 0 Å². The maximum Gasteiger partial charge on any atom is 0.416 e. The number of hydrogen-bond acceptors (Lipinski definition) is 6. The van der Waals surface area contributed by atoms with Crippen LogP contribution in [0.4, 0.5) is 29.6 Å². The molecule has 0 unspecified atom stereocenters. The van der Waals surface area contributed by atoms with Crippen LogP contribution in [-0.4, -0.2) is 63.4 Å². The Morgan fingerprint density at radius 1 is 1.15 bits per heavy atom. The Hall–Kier alpha value is -3.61. The Kier molecular flexibility index (Phi) is 5.19. The number of fused-ring (bicyclic) bond motifs is 2. The number of urea groups is 1. The van der Waals surface area contributed by atoms with Crippen LogP contribution in [0.25, 0.3) is 5.78 Å². The summed E-state index contributed by atoms with van der Waals surface area (Å²) in [5.41, 5.74) is -0.295. The number of halogens is 3. The van der Waals surface area contributed by atoms with Gasteiger partial charge in [-0.3, -0.25) is 9.89 Å². The number of aromatic amines is 1. The fourth-order valence-corrected chi connectivity index (χ4v) is 3.93. The zero-order valence-electron chi connectivity index (χ0n) is 17.4. The van der Waals surface area contributed by atoms with E-state index in [1.54, 1.807) is 0 Å². The molecular weight excluding hydrogens is 443 g/mol. The highest BCUT2D eigenvalue weighted by atomic mass is 19.4. The molecule has 2 aromatic heterocycles. The maximum atomic E-state index is 13.1. The van der Waals surface area contributed by atoms with E-state index in [-0.39, 0.29) is 30.1 Å². The molecule has 1 fully saturated rings. The first kappa shape index (κ1) is 21.2. The molecule has 3 aromatic rings. The number of aromatic nitrogens is 4. The van der Waals surface area contributed by atoms with E-state index in [1.165, 1.54) is 21.5 Å². The van der Waals surface area contributed by atoms with Crippen LogP contribution >= 0.6 is 0 Å². The molecule has 2 aliphatic heterocycles. The summed E-state index contributed by atoms with van der Waals surface area (Å²) < 4.78 is 45.4. The van der Waals surface area contributed by atoms with Gasteiger partial charge in [-0.15, -0.1) is 0 Å². The van der Waals surface area contributed by atoms with Gasteiger partial charge in [0.2, 0.25) is 5.95 Å². The Morgan fingerprint density at radius 2 is 1.94 bits per heavy atom. The lowest BCUT2D eigenvalue weighted by atomic mass is 10.1. The zero-order valence-corrected chi connectivity index (χ0v) is 17.4. The maximum absolute atomic E-state index is 13.1. The van der Waals surface area contributed by atoms with Gasteiger partial charge in [-0.25, -0.2) is 9.78 Å². The van der Waals surface area contributed by atoms with Crippen LogP contribution < -0.4 is 15.8 Å². The first-order valence-corrected chi connectivity index (χ1v) is 10.4. The van der Waals surface area contributed by atoms with Crippen molar-refractivity contribution in [3.8, 4) is 0 Å². The van der Waals surface area contributed by atoms with Crippen LogP contribution in [0.3, 0.4) is 0 Å². The number of hydrogen-bond donors (Lipinski definition) is 2. The highest BCUT2D eigenvalue weighted by molar-refractivity contribution is 5.89. The van der Waals surface area contributed by atoms with Gasteiger partial charge in [0.05, 0.1) is 36.6 Å². The van der Waals surface area contributed by atoms with Crippen molar-refractivity contribution in [3.05, 3.63) is 51.4 Å². The van der Waals surface area contributed by atoms with Crippen LogP contribution in [0.1, 0.15) is 16.8 Å². The van der Waals surface area contributed by atoms with Crippen molar-refractivity contribution < 1.29 is 22.7 Å². The monoisotopic (exact) mass is 463 g/mol. The molecule has 2 amide bonds. The molecule has 1 saturated heterocycles. The van der Waals surface area contributed by atoms with Gasteiger partial charge in [-0.05, 0) is 18.2 Å².